The number of carbonyl (C=O) groups excluding carboxylic acids is 1. The molecule has 3 rings (SSSR count). The summed E-state index contributed by atoms with van der Waals surface area (Å²) in [7, 11) is 0. The maximum Gasteiger partial charge on any atom is 0.350 e. The molecule has 38 heavy (non-hydrogen) atoms. The van der Waals surface area contributed by atoms with E-state index in [-0.39, 0.29) is 12.4 Å². The predicted octanol–water partition coefficient (Wildman–Crippen LogP) is 6.76. The van der Waals surface area contributed by atoms with E-state index in [1.165, 1.54) is 11.6 Å². The van der Waals surface area contributed by atoms with Crippen LogP contribution in [-0.4, -0.2) is 37.9 Å². The molecule has 0 saturated heterocycles. The van der Waals surface area contributed by atoms with E-state index >= 15 is 0 Å². The summed E-state index contributed by atoms with van der Waals surface area (Å²) in [6, 6.07) is 20.1. The monoisotopic (exact) mass is 541 g/mol. The normalized spacial score (nSPS) is 12.7. The van der Waals surface area contributed by atoms with Crippen LogP contribution in [0.4, 0.5) is 4.39 Å². The smallest absolute Gasteiger partial charge is 0.350 e. The lowest BCUT2D eigenvalue weighted by Gasteiger charge is -2.29. The van der Waals surface area contributed by atoms with Crippen LogP contribution >= 0.6 is 11.6 Å². The Bertz CT molecular complexity index is 1150. The summed E-state index contributed by atoms with van der Waals surface area (Å²) in [6.45, 7) is 9.74. The van der Waals surface area contributed by atoms with E-state index in [1.54, 1.807) is 26.0 Å². The molecule has 1 unspecified atom stereocenters. The van der Waals surface area contributed by atoms with Crippen molar-refractivity contribution in [3.05, 3.63) is 94.3 Å². The van der Waals surface area contributed by atoms with Crippen LogP contribution in [0.15, 0.2) is 66.7 Å². The molecule has 0 aliphatic heterocycles. The van der Waals surface area contributed by atoms with Crippen molar-refractivity contribution in [2.75, 3.05) is 26.3 Å². The van der Waals surface area contributed by atoms with Gasteiger partial charge < -0.3 is 19.5 Å². The van der Waals surface area contributed by atoms with Crippen LogP contribution in [-0.2, 0) is 22.4 Å². The Morgan fingerprint density at radius 1 is 1.00 bits per heavy atom. The first-order valence-electron chi connectivity index (χ1n) is 13.0. The molecule has 3 aromatic rings. The number of halogens is 2. The van der Waals surface area contributed by atoms with Crippen molar-refractivity contribution in [3.63, 3.8) is 0 Å². The summed E-state index contributed by atoms with van der Waals surface area (Å²) in [5, 5.41) is 3.68. The molecule has 0 radical (unpaired) electrons. The van der Waals surface area contributed by atoms with E-state index in [0.717, 1.165) is 11.3 Å². The second-order valence-corrected chi connectivity index (χ2v) is 10.1. The lowest BCUT2D eigenvalue weighted by atomic mass is 9.96. The highest BCUT2D eigenvalue weighted by Crippen LogP contribution is 2.27. The second kappa shape index (κ2) is 14.2. The predicted molar refractivity (Wildman–Crippen MR) is 150 cm³/mol. The maximum atomic E-state index is 13.8. The molecule has 1 N–H and O–H groups in total. The minimum absolute atomic E-state index is 0.276. The SMILES string of the molecule is CCOC(=O)C(C)(Cc1ccc(OCCNCCc2c(F)cccc2Cl)cc1)Oc1ccc(C(C)C)cc1. The minimum atomic E-state index is -1.18. The summed E-state index contributed by atoms with van der Waals surface area (Å²) >= 11 is 6.07. The Morgan fingerprint density at radius 2 is 1.68 bits per heavy atom. The third-order valence-electron chi connectivity index (χ3n) is 6.22. The number of rotatable bonds is 14. The lowest BCUT2D eigenvalue weighted by molar-refractivity contribution is -0.160. The standard InChI is InChI=1S/C31H37ClFNO4/c1-5-36-30(35)31(4,38-26-15-11-24(12-16-26)22(2)3)21-23-9-13-25(14-10-23)37-20-19-34-18-17-27-28(32)7-6-8-29(27)33/h6-16,22,34H,5,17-21H2,1-4H3. The number of hydrogen-bond acceptors (Lipinski definition) is 5. The summed E-state index contributed by atoms with van der Waals surface area (Å²) in [5.41, 5.74) is 1.47. The molecule has 0 aliphatic carbocycles. The molecule has 0 spiro atoms. The molecule has 204 valence electrons. The zero-order chi connectivity index (χ0) is 27.5. The third kappa shape index (κ3) is 8.47. The Balaban J connectivity index is 1.52. The molecule has 0 saturated carbocycles. The van der Waals surface area contributed by atoms with Crippen molar-refractivity contribution in [2.24, 2.45) is 0 Å². The number of ether oxygens (including phenoxy) is 3. The molecule has 0 aliphatic rings. The third-order valence-corrected chi connectivity index (χ3v) is 6.58. The van der Waals surface area contributed by atoms with Crippen LogP contribution in [0.1, 0.15) is 50.3 Å². The molecule has 0 aromatic heterocycles. The zero-order valence-corrected chi connectivity index (χ0v) is 23.3. The van der Waals surface area contributed by atoms with Crippen LogP contribution in [0.25, 0.3) is 0 Å². The number of hydrogen-bond donors (Lipinski definition) is 1. The minimum Gasteiger partial charge on any atom is -0.492 e. The van der Waals surface area contributed by atoms with Gasteiger partial charge in [0.2, 0.25) is 5.60 Å². The van der Waals surface area contributed by atoms with Gasteiger partial charge in [0.1, 0.15) is 23.9 Å². The van der Waals surface area contributed by atoms with Crippen molar-refractivity contribution in [1.29, 1.82) is 0 Å². The van der Waals surface area contributed by atoms with Gasteiger partial charge in [-0.2, -0.15) is 0 Å². The first-order chi connectivity index (χ1) is 18.2. The van der Waals surface area contributed by atoms with Gasteiger partial charge in [0.25, 0.3) is 0 Å². The van der Waals surface area contributed by atoms with Gasteiger partial charge in [0.15, 0.2) is 0 Å². The summed E-state index contributed by atoms with van der Waals surface area (Å²) in [5.74, 6) is 1.06. The average Bonchev–Trinajstić information content (AvgIpc) is 2.89. The summed E-state index contributed by atoms with van der Waals surface area (Å²) in [6.07, 6.45) is 0.849. The van der Waals surface area contributed by atoms with Crippen molar-refractivity contribution >= 4 is 17.6 Å². The first-order valence-corrected chi connectivity index (χ1v) is 13.4. The molecule has 5 nitrogen and oxygen atoms in total. The van der Waals surface area contributed by atoms with E-state index in [1.807, 2.05) is 48.5 Å². The molecule has 0 bridgehead atoms. The van der Waals surface area contributed by atoms with Gasteiger partial charge in [-0.15, -0.1) is 0 Å². The zero-order valence-electron chi connectivity index (χ0n) is 22.6. The van der Waals surface area contributed by atoms with Crippen LogP contribution < -0.4 is 14.8 Å². The highest BCUT2D eigenvalue weighted by molar-refractivity contribution is 6.31. The van der Waals surface area contributed by atoms with Gasteiger partial charge in [-0.3, -0.25) is 0 Å². The van der Waals surface area contributed by atoms with Gasteiger partial charge >= 0.3 is 5.97 Å². The van der Waals surface area contributed by atoms with E-state index in [2.05, 4.69) is 19.2 Å². The van der Waals surface area contributed by atoms with Gasteiger partial charge in [0, 0.05) is 23.6 Å². The fourth-order valence-electron chi connectivity index (χ4n) is 4.06. The molecule has 3 aromatic carbocycles. The van der Waals surface area contributed by atoms with Crippen LogP contribution in [0.5, 0.6) is 11.5 Å². The van der Waals surface area contributed by atoms with Crippen molar-refractivity contribution in [1.82, 2.24) is 5.32 Å². The quantitative estimate of drug-likeness (QED) is 0.180. The number of nitrogens with one attached hydrogen (secondary N) is 1. The molecule has 7 heteroatoms. The fraction of sp³-hybridized carbons (Fsp3) is 0.387. The van der Waals surface area contributed by atoms with Crippen molar-refractivity contribution < 1.29 is 23.4 Å². The summed E-state index contributed by atoms with van der Waals surface area (Å²) in [4.78, 5) is 12.9. The Morgan fingerprint density at radius 3 is 2.32 bits per heavy atom. The van der Waals surface area contributed by atoms with Gasteiger partial charge in [-0.05, 0) is 80.3 Å². The number of esters is 1. The van der Waals surface area contributed by atoms with E-state index in [0.29, 0.717) is 54.8 Å². The summed E-state index contributed by atoms with van der Waals surface area (Å²) < 4.78 is 31.2. The lowest BCUT2D eigenvalue weighted by Crippen LogP contribution is -2.45. The topological polar surface area (TPSA) is 56.8 Å². The van der Waals surface area contributed by atoms with E-state index < -0.39 is 11.6 Å². The number of carbonyl (C=O) groups is 1. The van der Waals surface area contributed by atoms with Crippen LogP contribution in [0.2, 0.25) is 5.02 Å². The number of benzene rings is 3. The van der Waals surface area contributed by atoms with Gasteiger partial charge in [-0.1, -0.05) is 55.8 Å². The van der Waals surface area contributed by atoms with Gasteiger partial charge in [-0.25, -0.2) is 9.18 Å². The largest absolute Gasteiger partial charge is 0.492 e. The molecular formula is C31H37ClFNO4. The second-order valence-electron chi connectivity index (χ2n) is 9.65. The van der Waals surface area contributed by atoms with Crippen LogP contribution in [0, 0.1) is 5.82 Å². The molecule has 0 heterocycles. The molecule has 0 amide bonds. The van der Waals surface area contributed by atoms with Crippen LogP contribution in [0.3, 0.4) is 0 Å². The van der Waals surface area contributed by atoms with E-state index in [9.17, 15) is 9.18 Å². The first kappa shape index (κ1) is 29.5. The highest BCUT2D eigenvalue weighted by atomic mass is 35.5. The van der Waals surface area contributed by atoms with E-state index in [4.69, 9.17) is 25.8 Å². The average molecular weight is 542 g/mol. The Kier molecular flexibility index (Phi) is 11.0. The Labute approximate surface area is 230 Å². The molecular weight excluding hydrogens is 505 g/mol. The fourth-order valence-corrected chi connectivity index (χ4v) is 4.32. The van der Waals surface area contributed by atoms with Crippen molar-refractivity contribution in [2.45, 2.75) is 52.1 Å². The Hall–Kier alpha value is -3.09. The van der Waals surface area contributed by atoms with Gasteiger partial charge in [0.05, 0.1) is 6.61 Å². The van der Waals surface area contributed by atoms with Crippen molar-refractivity contribution in [3.8, 4) is 11.5 Å². The molecule has 1 atom stereocenters. The molecule has 0 fully saturated rings. The maximum absolute atomic E-state index is 13.8. The highest BCUT2D eigenvalue weighted by Gasteiger charge is 2.37.